The van der Waals surface area contributed by atoms with Crippen LogP contribution in [0.5, 0.6) is 5.75 Å². The van der Waals surface area contributed by atoms with E-state index >= 15 is 0 Å². The molecular formula is C23H24N2O4S. The molecule has 1 unspecified atom stereocenters. The topological polar surface area (TPSA) is 75.7 Å². The lowest BCUT2D eigenvalue weighted by atomic mass is 10.1. The highest BCUT2D eigenvalue weighted by molar-refractivity contribution is 7.89. The molecule has 3 aromatic rings. The van der Waals surface area contributed by atoms with Gasteiger partial charge in [0.2, 0.25) is 15.9 Å². The van der Waals surface area contributed by atoms with E-state index < -0.39 is 16.1 Å². The van der Waals surface area contributed by atoms with Crippen molar-refractivity contribution in [3.05, 3.63) is 66.7 Å². The minimum Gasteiger partial charge on any atom is -0.494 e. The zero-order valence-electron chi connectivity index (χ0n) is 16.7. The van der Waals surface area contributed by atoms with Crippen molar-refractivity contribution in [1.82, 2.24) is 4.31 Å². The van der Waals surface area contributed by atoms with E-state index in [1.807, 2.05) is 31.2 Å². The van der Waals surface area contributed by atoms with Crippen molar-refractivity contribution < 1.29 is 17.9 Å². The number of nitrogens with zero attached hydrogens (tertiary/aromatic N) is 1. The highest BCUT2D eigenvalue weighted by Gasteiger charge is 2.39. The molecule has 1 aliphatic heterocycles. The molecule has 1 saturated heterocycles. The first-order chi connectivity index (χ1) is 14.5. The Kier molecular flexibility index (Phi) is 5.74. The average molecular weight is 425 g/mol. The molecular weight excluding hydrogens is 400 g/mol. The van der Waals surface area contributed by atoms with Gasteiger partial charge in [-0.25, -0.2) is 8.42 Å². The van der Waals surface area contributed by atoms with Crippen molar-refractivity contribution in [2.24, 2.45) is 0 Å². The summed E-state index contributed by atoms with van der Waals surface area (Å²) in [4.78, 5) is 13.1. The molecule has 1 fully saturated rings. The number of carbonyl (C=O) groups excluding carboxylic acids is 1. The van der Waals surface area contributed by atoms with Crippen LogP contribution in [0.2, 0.25) is 0 Å². The predicted octanol–water partition coefficient (Wildman–Crippen LogP) is 4.03. The van der Waals surface area contributed by atoms with Crippen LogP contribution in [0.25, 0.3) is 10.8 Å². The normalized spacial score (nSPS) is 17.2. The van der Waals surface area contributed by atoms with Crippen LogP contribution >= 0.6 is 0 Å². The first-order valence-corrected chi connectivity index (χ1v) is 11.5. The molecule has 6 nitrogen and oxygen atoms in total. The van der Waals surface area contributed by atoms with Gasteiger partial charge in [0.1, 0.15) is 11.8 Å². The van der Waals surface area contributed by atoms with E-state index in [4.69, 9.17) is 4.74 Å². The van der Waals surface area contributed by atoms with Gasteiger partial charge in [0, 0.05) is 12.2 Å². The molecule has 0 saturated carbocycles. The third-order valence-electron chi connectivity index (χ3n) is 5.27. The number of hydrogen-bond acceptors (Lipinski definition) is 4. The Balaban J connectivity index is 1.54. The fourth-order valence-electron chi connectivity index (χ4n) is 3.78. The van der Waals surface area contributed by atoms with Crippen molar-refractivity contribution in [3.8, 4) is 5.75 Å². The quantitative estimate of drug-likeness (QED) is 0.648. The maximum Gasteiger partial charge on any atom is 0.243 e. The highest BCUT2D eigenvalue weighted by Crippen LogP contribution is 2.29. The van der Waals surface area contributed by atoms with Crippen LogP contribution in [0.4, 0.5) is 5.69 Å². The smallest absolute Gasteiger partial charge is 0.243 e. The molecule has 7 heteroatoms. The fourth-order valence-corrected chi connectivity index (χ4v) is 5.47. The number of anilines is 1. The number of ether oxygens (including phenoxy) is 1. The van der Waals surface area contributed by atoms with Crippen LogP contribution in [0.15, 0.2) is 71.6 Å². The summed E-state index contributed by atoms with van der Waals surface area (Å²) < 4.78 is 33.3. The molecule has 0 radical (unpaired) electrons. The van der Waals surface area contributed by atoms with Crippen LogP contribution in [0.1, 0.15) is 19.8 Å². The molecule has 1 N–H and O–H groups in total. The van der Waals surface area contributed by atoms with E-state index in [-0.39, 0.29) is 10.8 Å². The van der Waals surface area contributed by atoms with Gasteiger partial charge < -0.3 is 10.1 Å². The van der Waals surface area contributed by atoms with Crippen LogP contribution in [-0.2, 0) is 14.8 Å². The zero-order valence-corrected chi connectivity index (χ0v) is 17.6. The number of fused-ring (bicyclic) bond motifs is 1. The lowest BCUT2D eigenvalue weighted by Gasteiger charge is -2.23. The first kappa shape index (κ1) is 20.4. The molecule has 30 heavy (non-hydrogen) atoms. The molecule has 1 heterocycles. The molecule has 0 aromatic heterocycles. The van der Waals surface area contributed by atoms with Crippen molar-refractivity contribution >= 4 is 32.4 Å². The molecule has 0 aliphatic carbocycles. The number of nitrogens with one attached hydrogen (secondary N) is 1. The lowest BCUT2D eigenvalue weighted by molar-refractivity contribution is -0.119. The minimum atomic E-state index is -3.78. The van der Waals surface area contributed by atoms with Gasteiger partial charge >= 0.3 is 0 Å². The maximum absolute atomic E-state index is 13.3. The lowest BCUT2D eigenvalue weighted by Crippen LogP contribution is -2.43. The summed E-state index contributed by atoms with van der Waals surface area (Å²) in [7, 11) is -3.78. The molecule has 4 rings (SSSR count). The number of carbonyl (C=O) groups is 1. The van der Waals surface area contributed by atoms with Crippen molar-refractivity contribution in [2.45, 2.75) is 30.7 Å². The third-order valence-corrected chi connectivity index (χ3v) is 7.17. The SMILES string of the molecule is CCOc1ccc(NC(=O)C2CCCN2S(=O)(=O)c2ccc3ccccc3c2)cc1. The third kappa shape index (κ3) is 4.04. The van der Waals surface area contributed by atoms with Gasteiger partial charge in [-0.1, -0.05) is 30.3 Å². The van der Waals surface area contributed by atoms with Gasteiger partial charge in [0.25, 0.3) is 0 Å². The molecule has 0 bridgehead atoms. The summed E-state index contributed by atoms with van der Waals surface area (Å²) in [6.45, 7) is 2.80. The summed E-state index contributed by atoms with van der Waals surface area (Å²) in [5, 5.41) is 4.67. The van der Waals surface area contributed by atoms with Gasteiger partial charge in [-0.2, -0.15) is 4.31 Å². The standard InChI is InChI=1S/C23H24N2O4S/c1-2-29-20-12-10-19(11-13-20)24-23(26)22-8-5-15-25(22)30(27,28)21-14-9-17-6-3-4-7-18(17)16-21/h3-4,6-7,9-14,16,22H,2,5,8,15H2,1H3,(H,24,26). The number of benzene rings is 3. The first-order valence-electron chi connectivity index (χ1n) is 10.0. The van der Waals surface area contributed by atoms with Gasteiger partial charge in [0.05, 0.1) is 11.5 Å². The van der Waals surface area contributed by atoms with Crippen molar-refractivity contribution in [2.75, 3.05) is 18.5 Å². The number of amides is 1. The Morgan fingerprint density at radius 3 is 2.53 bits per heavy atom. The maximum atomic E-state index is 13.3. The summed E-state index contributed by atoms with van der Waals surface area (Å²) >= 11 is 0. The monoisotopic (exact) mass is 424 g/mol. The number of sulfonamides is 1. The Morgan fingerprint density at radius 2 is 1.80 bits per heavy atom. The van der Waals surface area contributed by atoms with Crippen molar-refractivity contribution in [1.29, 1.82) is 0 Å². The van der Waals surface area contributed by atoms with Crippen molar-refractivity contribution in [3.63, 3.8) is 0 Å². The number of hydrogen-bond donors (Lipinski definition) is 1. The Hall–Kier alpha value is -2.90. The van der Waals surface area contributed by atoms with E-state index in [9.17, 15) is 13.2 Å². The average Bonchev–Trinajstić information content (AvgIpc) is 3.26. The fraction of sp³-hybridized carbons (Fsp3) is 0.261. The molecule has 1 aliphatic rings. The second kappa shape index (κ2) is 8.45. The van der Waals surface area contributed by atoms with Gasteiger partial charge in [-0.3, -0.25) is 4.79 Å². The summed E-state index contributed by atoms with van der Waals surface area (Å²) in [6.07, 6.45) is 1.14. The van der Waals surface area contributed by atoms with Crippen LogP contribution in [0.3, 0.4) is 0 Å². The zero-order chi connectivity index (χ0) is 21.1. The van der Waals surface area contributed by atoms with E-state index in [0.29, 0.717) is 31.7 Å². The van der Waals surface area contributed by atoms with Gasteiger partial charge in [0.15, 0.2) is 0 Å². The predicted molar refractivity (Wildman–Crippen MR) is 117 cm³/mol. The van der Waals surface area contributed by atoms with Crippen LogP contribution < -0.4 is 10.1 Å². The Labute approximate surface area is 176 Å². The van der Waals surface area contributed by atoms with Gasteiger partial charge in [-0.05, 0) is 66.9 Å². The molecule has 156 valence electrons. The molecule has 0 spiro atoms. The molecule has 1 amide bonds. The van der Waals surface area contributed by atoms with Gasteiger partial charge in [-0.15, -0.1) is 0 Å². The Bertz CT molecular complexity index is 1160. The highest BCUT2D eigenvalue weighted by atomic mass is 32.2. The minimum absolute atomic E-state index is 0.210. The Morgan fingerprint density at radius 1 is 1.07 bits per heavy atom. The molecule has 3 aromatic carbocycles. The van der Waals surface area contributed by atoms with E-state index in [0.717, 1.165) is 16.5 Å². The summed E-state index contributed by atoms with van der Waals surface area (Å²) in [5.41, 5.74) is 0.610. The second-order valence-corrected chi connectivity index (χ2v) is 9.12. The van der Waals surface area contributed by atoms with Crippen LogP contribution in [0, 0.1) is 0 Å². The van der Waals surface area contributed by atoms with E-state index in [1.54, 1.807) is 42.5 Å². The van der Waals surface area contributed by atoms with E-state index in [1.165, 1.54) is 4.31 Å². The summed E-state index contributed by atoms with van der Waals surface area (Å²) in [6, 6.07) is 19.0. The van der Waals surface area contributed by atoms with Crippen LogP contribution in [-0.4, -0.2) is 37.8 Å². The van der Waals surface area contributed by atoms with E-state index in [2.05, 4.69) is 5.32 Å². The second-order valence-electron chi connectivity index (χ2n) is 7.23. The largest absolute Gasteiger partial charge is 0.494 e. The number of rotatable bonds is 6. The molecule has 1 atom stereocenters. The summed E-state index contributed by atoms with van der Waals surface area (Å²) in [5.74, 6) is 0.401.